The number of fused-ring (bicyclic) bond motifs is 5. The number of Topliss-reactive ketones (excluding diaryl/α,β-unsaturated/α-hetero) is 6. The molecule has 0 saturated heterocycles. The molecule has 3 aliphatic carbocycles. The molecule has 462 valence electrons. The van der Waals surface area contributed by atoms with Crippen LogP contribution in [0.25, 0.3) is 16.5 Å². The third kappa shape index (κ3) is 14.7. The van der Waals surface area contributed by atoms with Gasteiger partial charge in [-0.2, -0.15) is 0 Å². The lowest BCUT2D eigenvalue weighted by molar-refractivity contribution is 0.0917. The van der Waals surface area contributed by atoms with Gasteiger partial charge in [0.25, 0.3) is 0 Å². The van der Waals surface area contributed by atoms with E-state index in [1.165, 1.54) is 23.4 Å². The van der Waals surface area contributed by atoms with Gasteiger partial charge in [0, 0.05) is 112 Å². The zero-order valence-corrected chi connectivity index (χ0v) is 53.6. The van der Waals surface area contributed by atoms with Gasteiger partial charge in [0.1, 0.15) is 51.6 Å². The first-order valence-corrected chi connectivity index (χ1v) is 30.5. The normalized spacial score (nSPS) is 15.4. The van der Waals surface area contributed by atoms with Crippen LogP contribution in [0.1, 0.15) is 147 Å². The monoisotopic (exact) mass is 1230 g/mol. The maximum atomic E-state index is 13.0. The second-order valence-corrected chi connectivity index (χ2v) is 22.5. The minimum atomic E-state index is -0.252. The Balaban J connectivity index is 0.000000148. The Kier molecular flexibility index (Phi) is 20.3. The zero-order chi connectivity index (χ0) is 65.4. The summed E-state index contributed by atoms with van der Waals surface area (Å²) in [6.45, 7) is 25.4. The molecule has 14 nitrogen and oxygen atoms in total. The summed E-state index contributed by atoms with van der Waals surface area (Å²) in [5.74, 6) is 4.20. The number of ketones is 6. The smallest absolute Gasteiger partial charge is 0.198 e. The Morgan fingerprint density at radius 3 is 1.36 bits per heavy atom. The van der Waals surface area contributed by atoms with Crippen molar-refractivity contribution < 1.29 is 51.8 Å². The summed E-state index contributed by atoms with van der Waals surface area (Å²) < 4.78 is 28.8. The third-order valence-electron chi connectivity index (χ3n) is 15.6. The molecule has 5 aromatic carbocycles. The summed E-state index contributed by atoms with van der Waals surface area (Å²) in [6.07, 6.45) is 10.7. The largest absolute Gasteiger partial charge is 0.467 e. The molecule has 0 amide bonds. The van der Waals surface area contributed by atoms with Gasteiger partial charge in [-0.05, 0) is 171 Å². The van der Waals surface area contributed by atoms with Crippen LogP contribution < -0.4 is 20.0 Å². The van der Waals surface area contributed by atoms with Gasteiger partial charge in [-0.25, -0.2) is 0 Å². The molecule has 91 heavy (non-hydrogen) atoms. The number of hydrogen-bond donors (Lipinski definition) is 0. The molecule has 0 spiro atoms. The van der Waals surface area contributed by atoms with Crippen LogP contribution in [-0.2, 0) is 9.47 Å². The molecule has 0 atom stereocenters. The average molecular weight is 1240 g/mol. The first-order valence-electron chi connectivity index (χ1n) is 30.1. The highest BCUT2D eigenvalue weighted by Gasteiger charge is 2.36. The minimum absolute atomic E-state index is 0.0104. The quantitative estimate of drug-likeness (QED) is 0.0636. The van der Waals surface area contributed by atoms with Gasteiger partial charge in [0.15, 0.2) is 44.8 Å². The van der Waals surface area contributed by atoms with Crippen molar-refractivity contribution in [2.75, 3.05) is 36.0 Å². The number of carbonyl (C=O) groups is 6. The summed E-state index contributed by atoms with van der Waals surface area (Å²) >= 11 is 5.11. The third-order valence-corrected chi connectivity index (χ3v) is 15.8. The fourth-order valence-electron chi connectivity index (χ4n) is 11.4. The Bertz CT molecular complexity index is 4400. The number of benzene rings is 5. The molecule has 7 aromatic rings. The van der Waals surface area contributed by atoms with Crippen molar-refractivity contribution >= 4 is 74.8 Å². The summed E-state index contributed by atoms with van der Waals surface area (Å²) in [6, 6.07) is 38.2. The van der Waals surface area contributed by atoms with E-state index in [1.807, 2.05) is 19.1 Å². The lowest BCUT2D eigenvalue weighted by Gasteiger charge is -2.25. The lowest BCUT2D eigenvalue weighted by Crippen LogP contribution is -2.21. The van der Waals surface area contributed by atoms with Gasteiger partial charge in [-0.15, -0.1) is 0 Å². The number of anilines is 2. The van der Waals surface area contributed by atoms with Crippen LogP contribution in [0.5, 0.6) is 5.75 Å². The molecular weight excluding hydrogens is 1160 g/mol. The number of ether oxygens (including phenoxy) is 3. The SMILES string of the molecule is CC1=CC(=C2C(=O)c3ccccc3C2=O)C=C(C)O1.CCN(CC)c1ccc2c(C)cc(=S)oc2c1.CCN(CC)c1ccc2c(c1)O/C(=C/C1=CC(=C3C(=O)c4ccccc4C3=O)C=C(C)O1)C=C2C.Cc1cc(=O)cc(C)o1.O=C1CC(=O)c2ccccc21. The van der Waals surface area contributed by atoms with Crippen LogP contribution in [0.4, 0.5) is 11.4 Å². The number of aryl methyl sites for hydroxylation is 3. The molecule has 6 aliphatic rings. The summed E-state index contributed by atoms with van der Waals surface area (Å²) in [5, 5.41) is 1.13. The number of carbonyl (C=O) groups excluding carboxylic acids is 6. The van der Waals surface area contributed by atoms with Crippen molar-refractivity contribution in [2.24, 2.45) is 0 Å². The van der Waals surface area contributed by atoms with E-state index in [9.17, 15) is 33.6 Å². The number of hydrogen-bond acceptors (Lipinski definition) is 15. The molecule has 5 heterocycles. The maximum absolute atomic E-state index is 13.0. The molecule has 15 heteroatoms. The van der Waals surface area contributed by atoms with Crippen molar-refractivity contribution in [1.29, 1.82) is 0 Å². The minimum Gasteiger partial charge on any atom is -0.467 e. The average Bonchev–Trinajstić information content (AvgIpc) is 1.97. The molecule has 0 saturated carbocycles. The highest BCUT2D eigenvalue weighted by molar-refractivity contribution is 7.71. The molecular formula is C76H70N2O12S. The molecule has 0 radical (unpaired) electrons. The standard InChI is InChI=1S/C30H27NO4.C16H12O3.C14H17NOS.C9H6O2.C7H8O2/c1-5-31(6-2)21-11-12-24-18(3)13-22(35-27(24)16-21)17-23-15-20(14-19(4)34-23)28-29(32)25-9-7-8-10-26(25)30(28)33;1-9-7-11(8-10(2)19-9)14-15(17)12-5-3-4-6-13(12)16(14)18;1-4-15(5-2)11-6-7-12-10(3)8-14(17)16-13(12)9-11;10-8-5-9(11)7-4-2-1-3-6(7)8;1-5-3-7(8)4-6(2)9-5/h7-17H,5-6H2,1-4H3;3-8H,1-2H3;6-9H,4-5H2,1-3H3;1-4H,5H2;3-4H,1-2H3/b22-17+;;;;. The summed E-state index contributed by atoms with van der Waals surface area (Å²) in [5.41, 5.74) is 11.1. The molecule has 0 N–H and O–H groups in total. The van der Waals surface area contributed by atoms with E-state index >= 15 is 0 Å². The van der Waals surface area contributed by atoms with Crippen LogP contribution in [0.2, 0.25) is 0 Å². The highest BCUT2D eigenvalue weighted by Crippen LogP contribution is 2.39. The molecule has 3 aliphatic heterocycles. The fourth-order valence-corrected chi connectivity index (χ4v) is 11.6. The van der Waals surface area contributed by atoms with Gasteiger partial charge in [0.05, 0.1) is 17.6 Å². The van der Waals surface area contributed by atoms with Crippen LogP contribution in [0, 0.1) is 25.5 Å². The number of nitrogens with zero attached hydrogens (tertiary/aromatic N) is 2. The first kappa shape index (κ1) is 65.1. The van der Waals surface area contributed by atoms with E-state index in [0.717, 1.165) is 59.7 Å². The summed E-state index contributed by atoms with van der Waals surface area (Å²) in [7, 11) is 0. The molecule has 0 bridgehead atoms. The topological polar surface area (TPSA) is 180 Å². The van der Waals surface area contributed by atoms with Crippen molar-refractivity contribution in [3.8, 4) is 5.75 Å². The second kappa shape index (κ2) is 28.4. The lowest BCUT2D eigenvalue weighted by atomic mass is 10.00. The van der Waals surface area contributed by atoms with Gasteiger partial charge in [-0.1, -0.05) is 72.8 Å². The van der Waals surface area contributed by atoms with Gasteiger partial charge < -0.3 is 32.8 Å². The first-order chi connectivity index (χ1) is 43.6. The molecule has 13 rings (SSSR count). The Morgan fingerprint density at radius 1 is 0.451 bits per heavy atom. The van der Waals surface area contributed by atoms with Crippen molar-refractivity contribution in [1.82, 2.24) is 0 Å². The predicted molar refractivity (Wildman–Crippen MR) is 358 cm³/mol. The molecule has 2 aromatic heterocycles. The Morgan fingerprint density at radius 2 is 0.890 bits per heavy atom. The number of rotatable bonds is 7. The Labute approximate surface area is 534 Å². The van der Waals surface area contributed by atoms with Gasteiger partial charge in [-0.3, -0.25) is 33.6 Å². The van der Waals surface area contributed by atoms with Crippen LogP contribution in [-0.4, -0.2) is 60.9 Å². The van der Waals surface area contributed by atoms with E-state index < -0.39 is 0 Å². The fraction of sp³-hybridized carbons (Fsp3) is 0.211. The van der Waals surface area contributed by atoms with Crippen LogP contribution in [0.15, 0.2) is 229 Å². The Hall–Kier alpha value is -10.4. The predicted octanol–water partition coefficient (Wildman–Crippen LogP) is 16.6. The van der Waals surface area contributed by atoms with E-state index in [1.54, 1.807) is 138 Å². The van der Waals surface area contributed by atoms with E-state index in [2.05, 4.69) is 80.8 Å². The van der Waals surface area contributed by atoms with E-state index in [-0.39, 0.29) is 57.7 Å². The van der Waals surface area contributed by atoms with E-state index in [4.69, 9.17) is 35.3 Å². The number of allylic oxidation sites excluding steroid dienone is 14. The van der Waals surface area contributed by atoms with Crippen molar-refractivity contribution in [2.45, 2.75) is 82.6 Å². The summed E-state index contributed by atoms with van der Waals surface area (Å²) in [4.78, 5) is 88.0. The van der Waals surface area contributed by atoms with Crippen LogP contribution in [0.3, 0.4) is 0 Å². The highest BCUT2D eigenvalue weighted by atomic mass is 32.1. The van der Waals surface area contributed by atoms with Gasteiger partial charge >= 0.3 is 0 Å². The van der Waals surface area contributed by atoms with Crippen molar-refractivity contribution in [3.05, 3.63) is 286 Å². The van der Waals surface area contributed by atoms with E-state index in [0.29, 0.717) is 89.6 Å². The van der Waals surface area contributed by atoms with Gasteiger partial charge in [0.2, 0.25) is 0 Å². The zero-order valence-electron chi connectivity index (χ0n) is 52.8. The van der Waals surface area contributed by atoms with Crippen molar-refractivity contribution in [3.63, 3.8) is 0 Å². The van der Waals surface area contributed by atoms with Crippen LogP contribution >= 0.6 is 12.2 Å². The molecule has 0 unspecified atom stereocenters. The molecule has 0 fully saturated rings. The maximum Gasteiger partial charge on any atom is 0.198 e. The second-order valence-electron chi connectivity index (χ2n) is 22.1.